The molecule has 2 aromatic rings. The molecular weight excluding hydrogens is 325 g/mol. The van der Waals surface area contributed by atoms with E-state index in [0.29, 0.717) is 15.1 Å². The van der Waals surface area contributed by atoms with E-state index >= 15 is 0 Å². The molecule has 0 amide bonds. The van der Waals surface area contributed by atoms with Crippen LogP contribution in [0.15, 0.2) is 45.8 Å². The topological polar surface area (TPSA) is 0 Å². The van der Waals surface area contributed by atoms with Crippen molar-refractivity contribution in [1.82, 2.24) is 0 Å². The highest BCUT2D eigenvalue weighted by Gasteiger charge is 2.07. The summed E-state index contributed by atoms with van der Waals surface area (Å²) in [6, 6.07) is 8.46. The van der Waals surface area contributed by atoms with E-state index in [1.165, 1.54) is 23.9 Å². The summed E-state index contributed by atoms with van der Waals surface area (Å²) in [6.45, 7) is 0. The third kappa shape index (κ3) is 3.09. The van der Waals surface area contributed by atoms with Crippen molar-refractivity contribution in [3.8, 4) is 0 Å². The van der Waals surface area contributed by atoms with Gasteiger partial charge in [0.15, 0.2) is 11.6 Å². The largest absolute Gasteiger partial charge is 0.206 e. The van der Waals surface area contributed by atoms with Gasteiger partial charge in [-0.1, -0.05) is 12.1 Å². The quantitative estimate of drug-likeness (QED) is 0.699. The maximum atomic E-state index is 13.3. The van der Waals surface area contributed by atoms with Gasteiger partial charge in [-0.25, -0.2) is 13.2 Å². The van der Waals surface area contributed by atoms with Crippen LogP contribution in [0.25, 0.3) is 0 Å². The Morgan fingerprint density at radius 3 is 2.44 bits per heavy atom. The normalized spacial score (nSPS) is 10.7. The fourth-order valence-electron chi connectivity index (χ4n) is 1.39. The molecule has 0 saturated heterocycles. The molecule has 94 valence electrons. The zero-order valence-corrected chi connectivity index (χ0v) is 11.5. The Morgan fingerprint density at radius 1 is 0.944 bits per heavy atom. The van der Waals surface area contributed by atoms with Gasteiger partial charge >= 0.3 is 0 Å². The van der Waals surface area contributed by atoms with Crippen LogP contribution < -0.4 is 0 Å². The lowest BCUT2D eigenvalue weighted by molar-refractivity contribution is 0.506. The van der Waals surface area contributed by atoms with E-state index in [-0.39, 0.29) is 5.82 Å². The molecule has 0 spiro atoms. The molecule has 0 N–H and O–H groups in total. The number of hydrogen-bond acceptors (Lipinski definition) is 1. The van der Waals surface area contributed by atoms with Gasteiger partial charge in [0, 0.05) is 10.6 Å². The summed E-state index contributed by atoms with van der Waals surface area (Å²) in [4.78, 5) is 0.602. The lowest BCUT2D eigenvalue weighted by atomic mass is 10.2. The van der Waals surface area contributed by atoms with E-state index in [4.69, 9.17) is 0 Å². The molecule has 5 heteroatoms. The molecule has 0 radical (unpaired) electrons. The first-order chi connectivity index (χ1) is 8.58. The minimum absolute atomic E-state index is 0.335. The molecule has 0 atom stereocenters. The van der Waals surface area contributed by atoms with Crippen molar-refractivity contribution in [2.24, 2.45) is 0 Å². The summed E-state index contributed by atoms with van der Waals surface area (Å²) in [6.07, 6.45) is 0. The minimum Gasteiger partial charge on any atom is -0.206 e. The number of hydrogen-bond donors (Lipinski definition) is 0. The zero-order valence-electron chi connectivity index (χ0n) is 9.09. The van der Waals surface area contributed by atoms with Gasteiger partial charge in [0.05, 0.1) is 4.47 Å². The number of halogens is 4. The summed E-state index contributed by atoms with van der Waals surface area (Å²) < 4.78 is 39.4. The SMILES string of the molecule is Fc1ccc(SCc2cccc(F)c2Br)cc1F. The van der Waals surface area contributed by atoms with Crippen molar-refractivity contribution in [2.75, 3.05) is 0 Å². The Labute approximate surface area is 115 Å². The molecule has 0 aliphatic rings. The van der Waals surface area contributed by atoms with Crippen LogP contribution in [0.4, 0.5) is 13.2 Å². The smallest absolute Gasteiger partial charge is 0.159 e. The van der Waals surface area contributed by atoms with Crippen molar-refractivity contribution < 1.29 is 13.2 Å². The van der Waals surface area contributed by atoms with Crippen molar-refractivity contribution in [3.63, 3.8) is 0 Å². The molecule has 0 fully saturated rings. The first-order valence-corrected chi connectivity index (χ1v) is 6.86. The first kappa shape index (κ1) is 13.5. The predicted octanol–water partition coefficient (Wildman–Crippen LogP) is 5.16. The fourth-order valence-corrected chi connectivity index (χ4v) is 2.89. The summed E-state index contributed by atoms with van der Waals surface area (Å²) >= 11 is 4.47. The van der Waals surface area contributed by atoms with Gasteiger partial charge in [0.2, 0.25) is 0 Å². The summed E-state index contributed by atoms with van der Waals surface area (Å²) in [5, 5.41) is 0. The van der Waals surface area contributed by atoms with Gasteiger partial charge in [-0.3, -0.25) is 0 Å². The highest BCUT2D eigenvalue weighted by atomic mass is 79.9. The molecule has 2 rings (SSSR count). The first-order valence-electron chi connectivity index (χ1n) is 5.08. The minimum atomic E-state index is -0.877. The summed E-state index contributed by atoms with van der Waals surface area (Å²) in [7, 11) is 0. The van der Waals surface area contributed by atoms with E-state index in [0.717, 1.165) is 17.7 Å². The standard InChI is InChI=1S/C13H8BrF3S/c14-13-8(2-1-3-11(13)16)7-18-9-4-5-10(15)12(17)6-9/h1-6H,7H2. The highest BCUT2D eigenvalue weighted by molar-refractivity contribution is 9.10. The number of thioether (sulfide) groups is 1. The Balaban J connectivity index is 2.11. The molecule has 2 aromatic carbocycles. The van der Waals surface area contributed by atoms with Crippen molar-refractivity contribution in [2.45, 2.75) is 10.6 Å². The Morgan fingerprint density at radius 2 is 1.72 bits per heavy atom. The van der Waals surface area contributed by atoms with Crippen LogP contribution in [0.3, 0.4) is 0 Å². The average Bonchev–Trinajstić information content (AvgIpc) is 2.35. The van der Waals surface area contributed by atoms with Crippen LogP contribution >= 0.6 is 27.7 Å². The molecule has 0 nitrogen and oxygen atoms in total. The van der Waals surface area contributed by atoms with Crippen LogP contribution in [-0.4, -0.2) is 0 Å². The number of benzene rings is 2. The van der Waals surface area contributed by atoms with Crippen molar-refractivity contribution in [1.29, 1.82) is 0 Å². The van der Waals surface area contributed by atoms with Gasteiger partial charge < -0.3 is 0 Å². The average molecular weight is 333 g/mol. The van der Waals surface area contributed by atoms with Crippen molar-refractivity contribution in [3.05, 3.63) is 63.9 Å². The molecular formula is C13H8BrF3S. The predicted molar refractivity (Wildman–Crippen MR) is 70.0 cm³/mol. The molecule has 18 heavy (non-hydrogen) atoms. The third-order valence-electron chi connectivity index (χ3n) is 2.32. The molecule has 0 bridgehead atoms. The van der Waals surface area contributed by atoms with E-state index < -0.39 is 11.6 Å². The van der Waals surface area contributed by atoms with Crippen LogP contribution in [0.2, 0.25) is 0 Å². The van der Waals surface area contributed by atoms with E-state index in [1.807, 2.05) is 0 Å². The second-order valence-corrected chi connectivity index (χ2v) is 5.42. The van der Waals surface area contributed by atoms with E-state index in [1.54, 1.807) is 12.1 Å². The molecule has 0 aromatic heterocycles. The molecule has 0 unspecified atom stereocenters. The highest BCUT2D eigenvalue weighted by Crippen LogP contribution is 2.29. The fraction of sp³-hybridized carbons (Fsp3) is 0.0769. The Kier molecular flexibility index (Phi) is 4.35. The van der Waals surface area contributed by atoms with Gasteiger partial charge in [-0.05, 0) is 45.8 Å². The molecule has 0 heterocycles. The molecule has 0 aliphatic heterocycles. The van der Waals surface area contributed by atoms with Crippen LogP contribution in [0.1, 0.15) is 5.56 Å². The van der Waals surface area contributed by atoms with Crippen LogP contribution in [0, 0.1) is 17.5 Å². The van der Waals surface area contributed by atoms with Gasteiger partial charge in [0.1, 0.15) is 5.82 Å². The maximum absolute atomic E-state index is 13.3. The van der Waals surface area contributed by atoms with Crippen LogP contribution in [0.5, 0.6) is 0 Å². The summed E-state index contributed by atoms with van der Waals surface area (Å²) in [5.74, 6) is -1.60. The molecule has 0 aliphatic carbocycles. The van der Waals surface area contributed by atoms with Gasteiger partial charge in [-0.15, -0.1) is 11.8 Å². The second kappa shape index (κ2) is 5.80. The van der Waals surface area contributed by atoms with Crippen LogP contribution in [-0.2, 0) is 5.75 Å². The zero-order chi connectivity index (χ0) is 13.1. The Hall–Kier alpha value is -0.940. The molecule has 0 saturated carbocycles. The lowest BCUT2D eigenvalue weighted by Crippen LogP contribution is -1.88. The monoisotopic (exact) mass is 332 g/mol. The lowest BCUT2D eigenvalue weighted by Gasteiger charge is -2.05. The van der Waals surface area contributed by atoms with E-state index in [9.17, 15) is 13.2 Å². The van der Waals surface area contributed by atoms with Crippen molar-refractivity contribution >= 4 is 27.7 Å². The van der Waals surface area contributed by atoms with Gasteiger partial charge in [0.25, 0.3) is 0 Å². The second-order valence-electron chi connectivity index (χ2n) is 3.58. The number of rotatable bonds is 3. The Bertz CT molecular complexity index is 572. The summed E-state index contributed by atoms with van der Waals surface area (Å²) in [5.41, 5.74) is 0.768. The maximum Gasteiger partial charge on any atom is 0.159 e. The van der Waals surface area contributed by atoms with Gasteiger partial charge in [-0.2, -0.15) is 0 Å². The third-order valence-corrected chi connectivity index (χ3v) is 4.25. The van der Waals surface area contributed by atoms with E-state index in [2.05, 4.69) is 15.9 Å².